The Labute approximate surface area is 205 Å². The van der Waals surface area contributed by atoms with Crippen LogP contribution in [-0.4, -0.2) is 52.3 Å². The molecule has 1 N–H and O–H groups in total. The summed E-state index contributed by atoms with van der Waals surface area (Å²) in [6.07, 6.45) is 1.59. The molecule has 5 rings (SSSR count). The van der Waals surface area contributed by atoms with Crippen molar-refractivity contribution < 1.29 is 14.3 Å². The molecule has 178 valence electrons. The molecule has 0 radical (unpaired) electrons. The van der Waals surface area contributed by atoms with Gasteiger partial charge in [0.25, 0.3) is 0 Å². The SMILES string of the molecule is COc1ccc2c(c1)N1CCN(c3ccccc3OC)C[C@@H]1[C@@H](C(=O)NCCc1cccs1)C2. The first-order valence-electron chi connectivity index (χ1n) is 11.8. The molecule has 2 aromatic carbocycles. The Morgan fingerprint density at radius 3 is 2.74 bits per heavy atom. The van der Waals surface area contributed by atoms with Crippen molar-refractivity contribution in [1.82, 2.24) is 5.32 Å². The molecule has 0 spiro atoms. The normalized spacial score (nSPS) is 19.2. The lowest BCUT2D eigenvalue weighted by atomic mass is 9.83. The van der Waals surface area contributed by atoms with Gasteiger partial charge in [-0.15, -0.1) is 11.3 Å². The summed E-state index contributed by atoms with van der Waals surface area (Å²) in [5, 5.41) is 5.31. The summed E-state index contributed by atoms with van der Waals surface area (Å²) >= 11 is 1.73. The van der Waals surface area contributed by atoms with E-state index in [1.54, 1.807) is 25.6 Å². The molecule has 1 fully saturated rings. The molecule has 1 saturated heterocycles. The van der Waals surface area contributed by atoms with Gasteiger partial charge < -0.3 is 24.6 Å². The molecule has 3 aromatic rings. The standard InChI is InChI=1S/C27H31N3O3S/c1-32-20-10-9-19-16-22(27(31)28-12-11-21-6-5-15-34-21)25-18-29(13-14-30(25)24(19)17-20)23-7-3-4-8-26(23)33-2/h3-10,15,17,22,25H,11-14,16,18H2,1-2H3,(H,28,31)/t22-,25+/m0/s1. The highest BCUT2D eigenvalue weighted by atomic mass is 32.1. The van der Waals surface area contributed by atoms with Crippen molar-refractivity contribution >= 4 is 28.6 Å². The van der Waals surface area contributed by atoms with E-state index >= 15 is 0 Å². The van der Waals surface area contributed by atoms with E-state index in [2.05, 4.69) is 50.8 Å². The van der Waals surface area contributed by atoms with Crippen molar-refractivity contribution in [2.45, 2.75) is 18.9 Å². The Morgan fingerprint density at radius 1 is 1.06 bits per heavy atom. The van der Waals surface area contributed by atoms with Gasteiger partial charge in [0.1, 0.15) is 11.5 Å². The quantitative estimate of drug-likeness (QED) is 0.558. The highest BCUT2D eigenvalue weighted by Crippen LogP contribution is 2.40. The highest BCUT2D eigenvalue weighted by Gasteiger charge is 2.42. The first-order valence-corrected chi connectivity index (χ1v) is 12.7. The molecule has 2 aliphatic rings. The van der Waals surface area contributed by atoms with Gasteiger partial charge in [0, 0.05) is 42.8 Å². The lowest BCUT2D eigenvalue weighted by Crippen LogP contribution is -2.61. The lowest BCUT2D eigenvalue weighted by molar-refractivity contribution is -0.125. The first kappa shape index (κ1) is 22.6. The van der Waals surface area contributed by atoms with Crippen LogP contribution in [0.15, 0.2) is 60.0 Å². The van der Waals surface area contributed by atoms with Crippen molar-refractivity contribution in [2.75, 3.05) is 50.2 Å². The zero-order chi connectivity index (χ0) is 23.5. The number of anilines is 2. The predicted octanol–water partition coefficient (Wildman–Crippen LogP) is 3.99. The van der Waals surface area contributed by atoms with Crippen LogP contribution in [0.4, 0.5) is 11.4 Å². The second kappa shape index (κ2) is 9.97. The fourth-order valence-corrected chi connectivity index (χ4v) is 5.92. The number of carbonyl (C=O) groups is 1. The van der Waals surface area contributed by atoms with E-state index in [9.17, 15) is 4.79 Å². The van der Waals surface area contributed by atoms with Gasteiger partial charge >= 0.3 is 0 Å². The number of benzene rings is 2. The van der Waals surface area contributed by atoms with Gasteiger partial charge in [0.15, 0.2) is 0 Å². The topological polar surface area (TPSA) is 54.0 Å². The van der Waals surface area contributed by atoms with Crippen LogP contribution >= 0.6 is 11.3 Å². The Morgan fingerprint density at radius 2 is 1.94 bits per heavy atom. The molecule has 2 aliphatic heterocycles. The van der Waals surface area contributed by atoms with E-state index in [0.717, 1.165) is 49.7 Å². The van der Waals surface area contributed by atoms with Crippen molar-refractivity contribution in [3.8, 4) is 11.5 Å². The molecule has 1 amide bonds. The van der Waals surface area contributed by atoms with Crippen LogP contribution in [0.25, 0.3) is 0 Å². The average molecular weight is 478 g/mol. The van der Waals surface area contributed by atoms with Crippen LogP contribution in [0, 0.1) is 5.92 Å². The molecule has 0 saturated carbocycles. The number of hydrogen-bond donors (Lipinski definition) is 1. The number of methoxy groups -OCH3 is 2. The van der Waals surface area contributed by atoms with Crippen LogP contribution in [0.2, 0.25) is 0 Å². The summed E-state index contributed by atoms with van der Waals surface area (Å²) in [5.41, 5.74) is 3.48. The number of nitrogens with zero attached hydrogens (tertiary/aromatic N) is 2. The number of carbonyl (C=O) groups excluding carboxylic acids is 1. The maximum atomic E-state index is 13.5. The van der Waals surface area contributed by atoms with Gasteiger partial charge in [-0.05, 0) is 48.1 Å². The third kappa shape index (κ3) is 4.44. The fraction of sp³-hybridized carbons (Fsp3) is 0.370. The Kier molecular flexibility index (Phi) is 6.63. The van der Waals surface area contributed by atoms with Gasteiger partial charge in [0.2, 0.25) is 5.91 Å². The van der Waals surface area contributed by atoms with E-state index in [1.165, 1.54) is 16.1 Å². The van der Waals surface area contributed by atoms with Crippen molar-refractivity contribution in [2.24, 2.45) is 5.92 Å². The molecule has 3 heterocycles. The number of ether oxygens (including phenoxy) is 2. The molecule has 34 heavy (non-hydrogen) atoms. The predicted molar refractivity (Wildman–Crippen MR) is 138 cm³/mol. The summed E-state index contributed by atoms with van der Waals surface area (Å²) in [5.74, 6) is 1.73. The number of rotatable bonds is 7. The van der Waals surface area contributed by atoms with Crippen molar-refractivity contribution in [3.63, 3.8) is 0 Å². The van der Waals surface area contributed by atoms with Crippen LogP contribution in [0.5, 0.6) is 11.5 Å². The maximum absolute atomic E-state index is 13.5. The molecule has 0 bridgehead atoms. The smallest absolute Gasteiger partial charge is 0.225 e. The van der Waals surface area contributed by atoms with Gasteiger partial charge in [-0.3, -0.25) is 4.79 Å². The number of fused-ring (bicyclic) bond motifs is 3. The Balaban J connectivity index is 1.40. The van der Waals surface area contributed by atoms with E-state index in [-0.39, 0.29) is 17.9 Å². The number of thiophene rings is 1. The lowest BCUT2D eigenvalue weighted by Gasteiger charge is -2.49. The highest BCUT2D eigenvalue weighted by molar-refractivity contribution is 7.09. The van der Waals surface area contributed by atoms with E-state index in [0.29, 0.717) is 6.54 Å². The first-order chi connectivity index (χ1) is 16.7. The van der Waals surface area contributed by atoms with Gasteiger partial charge in [-0.2, -0.15) is 0 Å². The second-order valence-electron chi connectivity index (χ2n) is 8.80. The summed E-state index contributed by atoms with van der Waals surface area (Å²) in [6, 6.07) is 18.6. The summed E-state index contributed by atoms with van der Waals surface area (Å²) in [6.45, 7) is 3.12. The Bertz CT molecular complexity index is 1130. The summed E-state index contributed by atoms with van der Waals surface area (Å²) in [7, 11) is 3.41. The van der Waals surface area contributed by atoms with E-state index in [1.807, 2.05) is 24.3 Å². The molecular formula is C27H31N3O3S. The third-order valence-electron chi connectivity index (χ3n) is 6.94. The zero-order valence-electron chi connectivity index (χ0n) is 19.7. The average Bonchev–Trinajstić information content (AvgIpc) is 3.41. The number of piperazine rings is 1. The fourth-order valence-electron chi connectivity index (χ4n) is 5.21. The van der Waals surface area contributed by atoms with Crippen molar-refractivity contribution in [3.05, 3.63) is 70.4 Å². The summed E-state index contributed by atoms with van der Waals surface area (Å²) < 4.78 is 11.1. The third-order valence-corrected chi connectivity index (χ3v) is 7.87. The van der Waals surface area contributed by atoms with E-state index < -0.39 is 0 Å². The molecule has 1 aromatic heterocycles. The van der Waals surface area contributed by atoms with E-state index in [4.69, 9.17) is 9.47 Å². The molecule has 0 aliphatic carbocycles. The second-order valence-corrected chi connectivity index (χ2v) is 9.84. The van der Waals surface area contributed by atoms with Crippen LogP contribution in [0.1, 0.15) is 10.4 Å². The molecule has 7 heteroatoms. The molecular weight excluding hydrogens is 446 g/mol. The molecule has 2 atom stereocenters. The Hall–Kier alpha value is -3.19. The molecule has 6 nitrogen and oxygen atoms in total. The number of para-hydroxylation sites is 2. The number of nitrogens with one attached hydrogen (secondary N) is 1. The minimum atomic E-state index is -0.123. The minimum absolute atomic E-state index is 0.0695. The van der Waals surface area contributed by atoms with Crippen molar-refractivity contribution in [1.29, 1.82) is 0 Å². The largest absolute Gasteiger partial charge is 0.497 e. The maximum Gasteiger partial charge on any atom is 0.225 e. The number of hydrogen-bond acceptors (Lipinski definition) is 6. The zero-order valence-corrected chi connectivity index (χ0v) is 20.5. The number of amides is 1. The van der Waals surface area contributed by atoms with Gasteiger partial charge in [0.05, 0.1) is 31.9 Å². The molecule has 0 unspecified atom stereocenters. The van der Waals surface area contributed by atoms with Gasteiger partial charge in [-0.25, -0.2) is 0 Å². The minimum Gasteiger partial charge on any atom is -0.497 e. The van der Waals surface area contributed by atoms with Crippen LogP contribution in [-0.2, 0) is 17.6 Å². The van der Waals surface area contributed by atoms with Crippen LogP contribution in [0.3, 0.4) is 0 Å². The van der Waals surface area contributed by atoms with Gasteiger partial charge in [-0.1, -0.05) is 24.3 Å². The van der Waals surface area contributed by atoms with Crippen LogP contribution < -0.4 is 24.6 Å². The summed E-state index contributed by atoms with van der Waals surface area (Å²) in [4.78, 5) is 19.5. The monoisotopic (exact) mass is 477 g/mol.